The van der Waals surface area contributed by atoms with Crippen LogP contribution in [-0.4, -0.2) is 58.0 Å². The first-order valence-corrected chi connectivity index (χ1v) is 7.58. The van der Waals surface area contributed by atoms with Gasteiger partial charge in [-0.2, -0.15) is 5.10 Å². The number of hydrogen-bond acceptors (Lipinski definition) is 5. The number of carbonyl (C=O) groups excluding carboxylic acids is 1. The van der Waals surface area contributed by atoms with Gasteiger partial charge in [-0.3, -0.25) is 4.79 Å². The maximum Gasteiger partial charge on any atom is 0.274 e. The second-order valence-electron chi connectivity index (χ2n) is 5.69. The highest BCUT2D eigenvalue weighted by atomic mass is 16.5. The molecule has 2 heterocycles. The molecule has 1 N–H and O–H groups in total. The molecule has 1 fully saturated rings. The summed E-state index contributed by atoms with van der Waals surface area (Å²) < 4.78 is 5.86. The van der Waals surface area contributed by atoms with Gasteiger partial charge in [-0.15, -0.1) is 5.10 Å². The first kappa shape index (κ1) is 15.6. The summed E-state index contributed by atoms with van der Waals surface area (Å²) in [5.74, 6) is -0.188. The molecule has 120 valence electrons. The van der Waals surface area contributed by atoms with Crippen molar-refractivity contribution in [2.24, 2.45) is 0 Å². The predicted molar refractivity (Wildman–Crippen MR) is 83.9 cm³/mol. The van der Waals surface area contributed by atoms with Gasteiger partial charge in [0, 0.05) is 19.2 Å². The van der Waals surface area contributed by atoms with Crippen LogP contribution in [0, 0.1) is 0 Å². The number of amides is 1. The van der Waals surface area contributed by atoms with Crippen LogP contribution in [0.4, 0.5) is 0 Å². The number of ether oxygens (including phenoxy) is 1. The molecule has 6 heteroatoms. The molecule has 0 saturated carbocycles. The fourth-order valence-corrected chi connectivity index (χ4v) is 2.82. The van der Waals surface area contributed by atoms with Crippen molar-refractivity contribution in [1.29, 1.82) is 0 Å². The molecule has 3 rings (SSSR count). The van der Waals surface area contributed by atoms with Crippen molar-refractivity contribution in [1.82, 2.24) is 15.1 Å². The number of hydrogen-bond donors (Lipinski definition) is 1. The number of benzene rings is 1. The van der Waals surface area contributed by atoms with E-state index in [1.54, 1.807) is 17.0 Å². The van der Waals surface area contributed by atoms with Crippen LogP contribution in [0.3, 0.4) is 0 Å². The number of carbonyl (C=O) groups is 1. The van der Waals surface area contributed by atoms with Crippen LogP contribution < -0.4 is 0 Å². The Labute approximate surface area is 134 Å². The van der Waals surface area contributed by atoms with E-state index in [9.17, 15) is 9.90 Å². The van der Waals surface area contributed by atoms with Gasteiger partial charge in [0.2, 0.25) is 0 Å². The molecule has 1 aromatic carbocycles. The van der Waals surface area contributed by atoms with Crippen LogP contribution in [0.15, 0.2) is 48.7 Å². The molecule has 1 aliphatic rings. The van der Waals surface area contributed by atoms with Crippen LogP contribution in [0.2, 0.25) is 0 Å². The highest BCUT2D eigenvalue weighted by Crippen LogP contribution is 2.23. The van der Waals surface area contributed by atoms with Gasteiger partial charge in [-0.25, -0.2) is 0 Å². The molecule has 23 heavy (non-hydrogen) atoms. The third-order valence-electron chi connectivity index (χ3n) is 3.98. The van der Waals surface area contributed by atoms with Crippen molar-refractivity contribution in [2.75, 3.05) is 26.3 Å². The largest absolute Gasteiger partial charge is 0.393 e. The molecule has 0 aliphatic carbocycles. The summed E-state index contributed by atoms with van der Waals surface area (Å²) in [5, 5.41) is 17.5. The summed E-state index contributed by atoms with van der Waals surface area (Å²) in [4.78, 5) is 14.2. The van der Waals surface area contributed by atoms with E-state index in [2.05, 4.69) is 10.2 Å². The standard InChI is InChI=1S/C17H19N3O3/c21-13-17(11-14-5-2-1-3-6-14)12-20(9-10-23-17)16(22)15-7-4-8-18-19-15/h1-8,21H,9-13H2/t17-/m0/s1. The van der Waals surface area contributed by atoms with Gasteiger partial charge in [-0.1, -0.05) is 30.3 Å². The summed E-state index contributed by atoms with van der Waals surface area (Å²) in [7, 11) is 0. The van der Waals surface area contributed by atoms with E-state index in [1.165, 1.54) is 6.20 Å². The average Bonchev–Trinajstić information content (AvgIpc) is 2.63. The number of nitrogens with zero attached hydrogens (tertiary/aromatic N) is 3. The Morgan fingerprint density at radius 1 is 1.26 bits per heavy atom. The van der Waals surface area contributed by atoms with Gasteiger partial charge < -0.3 is 14.7 Å². The minimum atomic E-state index is -0.780. The van der Waals surface area contributed by atoms with Gasteiger partial charge in [0.1, 0.15) is 5.60 Å². The van der Waals surface area contributed by atoms with Crippen LogP contribution in [0.1, 0.15) is 16.1 Å². The van der Waals surface area contributed by atoms with Crippen LogP contribution in [0.25, 0.3) is 0 Å². The summed E-state index contributed by atoms with van der Waals surface area (Å²) >= 11 is 0. The lowest BCUT2D eigenvalue weighted by Crippen LogP contribution is -2.56. The lowest BCUT2D eigenvalue weighted by Gasteiger charge is -2.41. The molecule has 6 nitrogen and oxygen atoms in total. The number of aliphatic hydroxyl groups excluding tert-OH is 1. The summed E-state index contributed by atoms with van der Waals surface area (Å²) in [6, 6.07) is 13.2. The monoisotopic (exact) mass is 313 g/mol. The lowest BCUT2D eigenvalue weighted by molar-refractivity contribution is -0.123. The third-order valence-corrected chi connectivity index (χ3v) is 3.98. The zero-order chi connectivity index (χ0) is 16.1. The number of aromatic nitrogens is 2. The second kappa shape index (κ2) is 6.85. The Bertz CT molecular complexity index is 651. The Morgan fingerprint density at radius 2 is 2.09 bits per heavy atom. The van der Waals surface area contributed by atoms with Crippen LogP contribution >= 0.6 is 0 Å². The number of morpholine rings is 1. The second-order valence-corrected chi connectivity index (χ2v) is 5.69. The average molecular weight is 313 g/mol. The Balaban J connectivity index is 1.77. The van der Waals surface area contributed by atoms with Crippen molar-refractivity contribution in [3.63, 3.8) is 0 Å². The Morgan fingerprint density at radius 3 is 2.78 bits per heavy atom. The highest BCUT2D eigenvalue weighted by molar-refractivity contribution is 5.92. The number of aliphatic hydroxyl groups is 1. The van der Waals surface area contributed by atoms with Gasteiger partial charge in [0.25, 0.3) is 5.91 Å². The molecule has 0 radical (unpaired) electrons. The van der Waals surface area contributed by atoms with Crippen molar-refractivity contribution < 1.29 is 14.6 Å². The first-order chi connectivity index (χ1) is 11.2. The summed E-state index contributed by atoms with van der Waals surface area (Å²) in [6.07, 6.45) is 2.08. The maximum absolute atomic E-state index is 12.5. The van der Waals surface area contributed by atoms with Crippen molar-refractivity contribution in [3.8, 4) is 0 Å². The van der Waals surface area contributed by atoms with E-state index in [1.807, 2.05) is 30.3 Å². The van der Waals surface area contributed by atoms with E-state index in [4.69, 9.17) is 4.74 Å². The SMILES string of the molecule is O=C(c1cccnn1)N1CCO[C@@](CO)(Cc2ccccc2)C1. The molecule has 1 amide bonds. The minimum Gasteiger partial charge on any atom is -0.393 e. The van der Waals surface area contributed by atoms with E-state index in [0.717, 1.165) is 5.56 Å². The van der Waals surface area contributed by atoms with Crippen molar-refractivity contribution in [2.45, 2.75) is 12.0 Å². The van der Waals surface area contributed by atoms with Gasteiger partial charge >= 0.3 is 0 Å². The van der Waals surface area contributed by atoms with Crippen molar-refractivity contribution >= 4 is 5.91 Å². The fourth-order valence-electron chi connectivity index (χ4n) is 2.82. The van der Waals surface area contributed by atoms with Gasteiger partial charge in [0.15, 0.2) is 5.69 Å². The molecule has 1 saturated heterocycles. The molecular formula is C17H19N3O3. The Hall–Kier alpha value is -2.31. The topological polar surface area (TPSA) is 75.6 Å². The smallest absolute Gasteiger partial charge is 0.274 e. The van der Waals surface area contributed by atoms with Crippen molar-refractivity contribution in [3.05, 3.63) is 59.9 Å². The van der Waals surface area contributed by atoms with Gasteiger partial charge in [-0.05, 0) is 17.7 Å². The van der Waals surface area contributed by atoms with Crippen LogP contribution in [0.5, 0.6) is 0 Å². The Kier molecular flexibility index (Phi) is 4.64. The molecule has 0 spiro atoms. The van der Waals surface area contributed by atoms with E-state index >= 15 is 0 Å². The maximum atomic E-state index is 12.5. The molecule has 0 unspecified atom stereocenters. The summed E-state index contributed by atoms with van der Waals surface area (Å²) in [6.45, 7) is 1.05. The number of rotatable bonds is 4. The molecule has 1 aliphatic heterocycles. The molecule has 0 bridgehead atoms. The molecule has 1 aromatic heterocycles. The summed E-state index contributed by atoms with van der Waals surface area (Å²) in [5.41, 5.74) is 0.591. The zero-order valence-electron chi connectivity index (χ0n) is 12.8. The fraction of sp³-hybridized carbons (Fsp3) is 0.353. The van der Waals surface area contributed by atoms with Gasteiger partial charge in [0.05, 0.1) is 19.8 Å². The quantitative estimate of drug-likeness (QED) is 0.908. The third kappa shape index (κ3) is 3.55. The van der Waals surface area contributed by atoms with Crippen LogP contribution in [-0.2, 0) is 11.2 Å². The molecular weight excluding hydrogens is 294 g/mol. The molecule has 2 aromatic rings. The first-order valence-electron chi connectivity index (χ1n) is 7.58. The van der Waals surface area contributed by atoms with E-state index in [-0.39, 0.29) is 12.5 Å². The van der Waals surface area contributed by atoms with E-state index < -0.39 is 5.60 Å². The minimum absolute atomic E-state index is 0.147. The zero-order valence-corrected chi connectivity index (χ0v) is 12.8. The van der Waals surface area contributed by atoms with E-state index in [0.29, 0.717) is 31.8 Å². The normalized spacial score (nSPS) is 21.2. The lowest BCUT2D eigenvalue weighted by atomic mass is 9.93. The predicted octanol–water partition coefficient (Wildman–Crippen LogP) is 0.923. The molecule has 1 atom stereocenters. The highest BCUT2D eigenvalue weighted by Gasteiger charge is 2.38.